The predicted molar refractivity (Wildman–Crippen MR) is 101 cm³/mol. The van der Waals surface area contributed by atoms with E-state index in [1.54, 1.807) is 17.9 Å². The van der Waals surface area contributed by atoms with Gasteiger partial charge in [-0.05, 0) is 51.8 Å². The Balaban J connectivity index is 1.89. The fourth-order valence-corrected chi connectivity index (χ4v) is 3.24. The van der Waals surface area contributed by atoms with E-state index in [9.17, 15) is 14.7 Å². The molecule has 1 aromatic carbocycles. The zero-order valence-corrected chi connectivity index (χ0v) is 16.3. The van der Waals surface area contributed by atoms with Crippen LogP contribution in [0.5, 0.6) is 0 Å². The topological polar surface area (TPSA) is 95.5 Å². The Morgan fingerprint density at radius 2 is 1.93 bits per heavy atom. The lowest BCUT2D eigenvalue weighted by molar-refractivity contribution is 0.0220. The van der Waals surface area contributed by atoms with Gasteiger partial charge in [0, 0.05) is 18.5 Å². The van der Waals surface area contributed by atoms with Gasteiger partial charge in [-0.2, -0.15) is 0 Å². The number of ether oxygens (including phenoxy) is 1. The lowest BCUT2D eigenvalue weighted by Gasteiger charge is -2.29. The van der Waals surface area contributed by atoms with Crippen LogP contribution in [0.4, 0.5) is 4.79 Å². The van der Waals surface area contributed by atoms with Gasteiger partial charge in [-0.1, -0.05) is 6.07 Å². The number of carbonyl (C=O) groups excluding carboxylic acids is 1. The van der Waals surface area contributed by atoms with Gasteiger partial charge in [0.1, 0.15) is 11.4 Å². The van der Waals surface area contributed by atoms with Crippen LogP contribution >= 0.6 is 0 Å². The SMILES string of the molecule is Cc1cc(C)c(-c2nc3c([nH]2)CN(C(=O)OC(C)(C)C)CC3)cc1C(=O)O. The molecular weight excluding hydrogens is 346 g/mol. The van der Waals surface area contributed by atoms with Crippen LogP contribution < -0.4 is 0 Å². The van der Waals surface area contributed by atoms with E-state index in [4.69, 9.17) is 4.74 Å². The number of nitrogens with zero attached hydrogens (tertiary/aromatic N) is 2. The summed E-state index contributed by atoms with van der Waals surface area (Å²) >= 11 is 0. The number of H-pyrrole nitrogens is 1. The molecule has 7 nitrogen and oxygen atoms in total. The molecule has 0 bridgehead atoms. The van der Waals surface area contributed by atoms with Crippen LogP contribution in [0, 0.1) is 13.8 Å². The van der Waals surface area contributed by atoms with Gasteiger partial charge in [-0.15, -0.1) is 0 Å². The molecule has 2 heterocycles. The number of imidazole rings is 1. The molecule has 1 amide bonds. The molecule has 144 valence electrons. The summed E-state index contributed by atoms with van der Waals surface area (Å²) in [7, 11) is 0. The van der Waals surface area contributed by atoms with Crippen molar-refractivity contribution in [3.05, 3.63) is 40.2 Å². The molecule has 3 rings (SSSR count). The number of aromatic nitrogens is 2. The summed E-state index contributed by atoms with van der Waals surface area (Å²) in [5.41, 5.74) is 3.92. The third-order valence-corrected chi connectivity index (χ3v) is 4.54. The van der Waals surface area contributed by atoms with Crippen molar-refractivity contribution in [2.24, 2.45) is 0 Å². The number of hydrogen-bond acceptors (Lipinski definition) is 4. The number of amides is 1. The third kappa shape index (κ3) is 3.97. The van der Waals surface area contributed by atoms with Gasteiger partial charge in [0.25, 0.3) is 0 Å². The number of carboxylic acid groups (broad SMARTS) is 1. The van der Waals surface area contributed by atoms with Crippen molar-refractivity contribution in [1.82, 2.24) is 14.9 Å². The summed E-state index contributed by atoms with van der Waals surface area (Å²) < 4.78 is 5.45. The maximum absolute atomic E-state index is 12.3. The van der Waals surface area contributed by atoms with Crippen LogP contribution in [0.1, 0.15) is 53.6 Å². The summed E-state index contributed by atoms with van der Waals surface area (Å²) in [6, 6.07) is 3.51. The summed E-state index contributed by atoms with van der Waals surface area (Å²) in [5, 5.41) is 9.39. The quantitative estimate of drug-likeness (QED) is 0.839. The molecule has 27 heavy (non-hydrogen) atoms. The second kappa shape index (κ2) is 6.72. The first kappa shape index (κ1) is 18.9. The summed E-state index contributed by atoms with van der Waals surface area (Å²) in [6.45, 7) is 10.2. The molecule has 0 saturated carbocycles. The Labute approximate surface area is 158 Å². The van der Waals surface area contributed by atoms with Crippen molar-refractivity contribution in [2.45, 2.75) is 53.2 Å². The Hall–Kier alpha value is -2.83. The Kier molecular flexibility index (Phi) is 4.71. The molecule has 0 spiro atoms. The Bertz CT molecular complexity index is 909. The van der Waals surface area contributed by atoms with Gasteiger partial charge in [0.15, 0.2) is 0 Å². The first-order chi connectivity index (χ1) is 12.5. The standard InChI is InChI=1S/C20H25N3O4/c1-11-8-12(2)14(18(24)25)9-13(11)17-21-15-6-7-23(10-16(15)22-17)19(26)27-20(3,4)5/h8-9H,6-7,10H2,1-5H3,(H,21,22)(H,24,25). The number of carbonyl (C=O) groups is 2. The molecule has 2 aromatic rings. The molecule has 7 heteroatoms. The number of fused-ring (bicyclic) bond motifs is 1. The van der Waals surface area contributed by atoms with Gasteiger partial charge >= 0.3 is 12.1 Å². The fraction of sp³-hybridized carbons (Fsp3) is 0.450. The molecule has 1 aromatic heterocycles. The molecular formula is C20H25N3O4. The smallest absolute Gasteiger partial charge is 0.410 e. The van der Waals surface area contributed by atoms with Crippen molar-refractivity contribution in [3.63, 3.8) is 0 Å². The third-order valence-electron chi connectivity index (χ3n) is 4.54. The number of aromatic amines is 1. The zero-order chi connectivity index (χ0) is 19.9. The van der Waals surface area contributed by atoms with Gasteiger partial charge in [-0.3, -0.25) is 0 Å². The number of hydrogen-bond donors (Lipinski definition) is 2. The molecule has 1 aliphatic heterocycles. The minimum absolute atomic E-state index is 0.264. The van der Waals surface area contributed by atoms with Crippen molar-refractivity contribution in [2.75, 3.05) is 6.54 Å². The van der Waals surface area contributed by atoms with Crippen LogP contribution in [0.3, 0.4) is 0 Å². The van der Waals surface area contributed by atoms with E-state index in [0.29, 0.717) is 25.3 Å². The maximum Gasteiger partial charge on any atom is 0.410 e. The number of rotatable bonds is 2. The minimum atomic E-state index is -0.957. The molecule has 2 N–H and O–H groups in total. The molecule has 0 fully saturated rings. The van der Waals surface area contributed by atoms with Crippen LogP contribution in [0.2, 0.25) is 0 Å². The van der Waals surface area contributed by atoms with Gasteiger partial charge in [-0.25, -0.2) is 14.6 Å². The summed E-state index contributed by atoms with van der Waals surface area (Å²) in [6.07, 6.45) is 0.283. The van der Waals surface area contributed by atoms with Crippen LogP contribution in [0.15, 0.2) is 12.1 Å². The first-order valence-corrected chi connectivity index (χ1v) is 8.96. The predicted octanol–water partition coefficient (Wildman–Crippen LogP) is 3.68. The van der Waals surface area contributed by atoms with E-state index >= 15 is 0 Å². The van der Waals surface area contributed by atoms with Gasteiger partial charge in [0.05, 0.1) is 23.5 Å². The van der Waals surface area contributed by atoms with E-state index in [1.165, 1.54) is 0 Å². The highest BCUT2D eigenvalue weighted by Gasteiger charge is 2.28. The van der Waals surface area contributed by atoms with E-state index < -0.39 is 11.6 Å². The Morgan fingerprint density at radius 3 is 2.56 bits per heavy atom. The molecule has 0 saturated heterocycles. The molecule has 0 unspecified atom stereocenters. The lowest BCUT2D eigenvalue weighted by Crippen LogP contribution is -2.39. The first-order valence-electron chi connectivity index (χ1n) is 8.96. The number of nitrogens with one attached hydrogen (secondary N) is 1. The van der Waals surface area contributed by atoms with Crippen LogP contribution in [-0.2, 0) is 17.7 Å². The lowest BCUT2D eigenvalue weighted by atomic mass is 9.99. The molecule has 1 aliphatic rings. The van der Waals surface area contributed by atoms with Crippen molar-refractivity contribution >= 4 is 12.1 Å². The highest BCUT2D eigenvalue weighted by atomic mass is 16.6. The molecule has 0 atom stereocenters. The normalized spacial score (nSPS) is 14.0. The van der Waals surface area contributed by atoms with Crippen LogP contribution in [-0.4, -0.2) is 44.2 Å². The average molecular weight is 371 g/mol. The second-order valence-corrected chi connectivity index (χ2v) is 7.95. The van der Waals surface area contributed by atoms with E-state index in [0.717, 1.165) is 28.1 Å². The minimum Gasteiger partial charge on any atom is -0.478 e. The van der Waals surface area contributed by atoms with Crippen molar-refractivity contribution in [1.29, 1.82) is 0 Å². The average Bonchev–Trinajstić information content (AvgIpc) is 2.95. The summed E-state index contributed by atoms with van der Waals surface area (Å²) in [4.78, 5) is 33.3. The van der Waals surface area contributed by atoms with Crippen molar-refractivity contribution < 1.29 is 19.4 Å². The summed E-state index contributed by atoms with van der Waals surface area (Å²) in [5.74, 6) is -0.327. The Morgan fingerprint density at radius 1 is 1.22 bits per heavy atom. The number of aryl methyl sites for hydroxylation is 2. The largest absolute Gasteiger partial charge is 0.478 e. The molecule has 0 radical (unpaired) electrons. The van der Waals surface area contributed by atoms with E-state index in [1.807, 2.05) is 33.8 Å². The zero-order valence-electron chi connectivity index (χ0n) is 16.3. The number of carboxylic acids is 1. The molecule has 0 aliphatic carbocycles. The second-order valence-electron chi connectivity index (χ2n) is 7.95. The fourth-order valence-electron chi connectivity index (χ4n) is 3.24. The number of benzene rings is 1. The monoisotopic (exact) mass is 371 g/mol. The van der Waals surface area contributed by atoms with Gasteiger partial charge < -0.3 is 19.7 Å². The van der Waals surface area contributed by atoms with Crippen LogP contribution in [0.25, 0.3) is 11.4 Å². The van der Waals surface area contributed by atoms with E-state index in [2.05, 4.69) is 9.97 Å². The van der Waals surface area contributed by atoms with Gasteiger partial charge in [0.2, 0.25) is 0 Å². The maximum atomic E-state index is 12.3. The number of aromatic carboxylic acids is 1. The highest BCUT2D eigenvalue weighted by molar-refractivity contribution is 5.91. The van der Waals surface area contributed by atoms with Crippen molar-refractivity contribution in [3.8, 4) is 11.4 Å². The highest BCUT2D eigenvalue weighted by Crippen LogP contribution is 2.28. The van der Waals surface area contributed by atoms with E-state index in [-0.39, 0.29) is 11.7 Å².